The Morgan fingerprint density at radius 2 is 2.29 bits per heavy atom. The third-order valence-electron chi connectivity index (χ3n) is 4.05. The van der Waals surface area contributed by atoms with Gasteiger partial charge in [0.25, 0.3) is 0 Å². The molecule has 0 spiro atoms. The number of fused-ring (bicyclic) bond motifs is 1. The van der Waals surface area contributed by atoms with Crippen molar-refractivity contribution in [1.29, 1.82) is 0 Å². The van der Waals surface area contributed by atoms with Crippen LogP contribution in [0.5, 0.6) is 5.75 Å². The van der Waals surface area contributed by atoms with E-state index >= 15 is 0 Å². The molecule has 0 unspecified atom stereocenters. The highest BCUT2D eigenvalue weighted by molar-refractivity contribution is 5.79. The third kappa shape index (κ3) is 2.77. The fourth-order valence-electron chi connectivity index (χ4n) is 2.93. The van der Waals surface area contributed by atoms with E-state index in [2.05, 4.69) is 10.4 Å². The SMILES string of the molecule is Cn1ncc2c1CCC[C@@H]2NC(=O)Cc1ccccc1O. The average Bonchev–Trinajstić information content (AvgIpc) is 2.84. The predicted molar refractivity (Wildman–Crippen MR) is 78.8 cm³/mol. The molecule has 1 aromatic carbocycles. The Labute approximate surface area is 123 Å². The smallest absolute Gasteiger partial charge is 0.225 e. The molecule has 0 saturated carbocycles. The second-order valence-electron chi connectivity index (χ2n) is 5.49. The number of benzene rings is 1. The molecule has 2 N–H and O–H groups in total. The van der Waals surface area contributed by atoms with Crippen LogP contribution in [-0.2, 0) is 24.7 Å². The van der Waals surface area contributed by atoms with Gasteiger partial charge in [-0.15, -0.1) is 0 Å². The van der Waals surface area contributed by atoms with Crippen LogP contribution < -0.4 is 5.32 Å². The maximum atomic E-state index is 12.2. The molecule has 0 fully saturated rings. The molecule has 1 amide bonds. The van der Waals surface area contributed by atoms with Gasteiger partial charge in [-0.25, -0.2) is 0 Å². The molecule has 0 saturated heterocycles. The number of hydrogen-bond donors (Lipinski definition) is 2. The van der Waals surface area contributed by atoms with E-state index in [1.807, 2.05) is 24.0 Å². The van der Waals surface area contributed by atoms with Gasteiger partial charge in [-0.05, 0) is 25.3 Å². The maximum absolute atomic E-state index is 12.2. The zero-order chi connectivity index (χ0) is 14.8. The lowest BCUT2D eigenvalue weighted by Gasteiger charge is -2.23. The van der Waals surface area contributed by atoms with Gasteiger partial charge in [0.1, 0.15) is 5.75 Å². The summed E-state index contributed by atoms with van der Waals surface area (Å²) < 4.78 is 1.89. The first-order valence-corrected chi connectivity index (χ1v) is 7.22. The van der Waals surface area contributed by atoms with Crippen LogP contribution in [0.4, 0.5) is 0 Å². The fourth-order valence-corrected chi connectivity index (χ4v) is 2.93. The number of rotatable bonds is 3. The van der Waals surface area contributed by atoms with E-state index in [0.717, 1.165) is 24.8 Å². The highest BCUT2D eigenvalue weighted by Crippen LogP contribution is 2.29. The number of aromatic hydroxyl groups is 1. The van der Waals surface area contributed by atoms with Gasteiger partial charge in [0.2, 0.25) is 5.91 Å². The number of carbonyl (C=O) groups is 1. The number of hydrogen-bond acceptors (Lipinski definition) is 3. The maximum Gasteiger partial charge on any atom is 0.225 e. The number of amides is 1. The van der Waals surface area contributed by atoms with Crippen molar-refractivity contribution in [3.05, 3.63) is 47.3 Å². The van der Waals surface area contributed by atoms with Crippen molar-refractivity contribution in [1.82, 2.24) is 15.1 Å². The second-order valence-corrected chi connectivity index (χ2v) is 5.49. The zero-order valence-corrected chi connectivity index (χ0v) is 12.0. The topological polar surface area (TPSA) is 67.2 Å². The Bertz CT molecular complexity index is 663. The van der Waals surface area contributed by atoms with Gasteiger partial charge in [0.15, 0.2) is 0 Å². The molecule has 110 valence electrons. The summed E-state index contributed by atoms with van der Waals surface area (Å²) in [7, 11) is 1.94. The van der Waals surface area contributed by atoms with Crippen LogP contribution in [-0.4, -0.2) is 20.8 Å². The van der Waals surface area contributed by atoms with E-state index in [0.29, 0.717) is 5.56 Å². The lowest BCUT2D eigenvalue weighted by Crippen LogP contribution is -2.32. The summed E-state index contributed by atoms with van der Waals surface area (Å²) in [5, 5.41) is 17.1. The van der Waals surface area contributed by atoms with Crippen molar-refractivity contribution in [2.24, 2.45) is 7.05 Å². The van der Waals surface area contributed by atoms with E-state index in [1.165, 1.54) is 5.69 Å². The summed E-state index contributed by atoms with van der Waals surface area (Å²) in [6, 6.07) is 6.97. The molecule has 0 aliphatic heterocycles. The molecule has 5 heteroatoms. The average molecular weight is 285 g/mol. The van der Waals surface area contributed by atoms with Crippen molar-refractivity contribution < 1.29 is 9.90 Å². The highest BCUT2D eigenvalue weighted by atomic mass is 16.3. The van der Waals surface area contributed by atoms with Gasteiger partial charge in [-0.3, -0.25) is 9.48 Å². The molecule has 1 aliphatic carbocycles. The van der Waals surface area contributed by atoms with Crippen LogP contribution in [0.25, 0.3) is 0 Å². The summed E-state index contributed by atoms with van der Waals surface area (Å²) >= 11 is 0. The third-order valence-corrected chi connectivity index (χ3v) is 4.05. The number of aromatic nitrogens is 2. The molecule has 21 heavy (non-hydrogen) atoms. The van der Waals surface area contributed by atoms with Crippen LogP contribution in [0.15, 0.2) is 30.5 Å². The van der Waals surface area contributed by atoms with E-state index in [-0.39, 0.29) is 24.1 Å². The first-order chi connectivity index (χ1) is 10.1. The van der Waals surface area contributed by atoms with Gasteiger partial charge in [0, 0.05) is 23.9 Å². The van der Waals surface area contributed by atoms with Crippen molar-refractivity contribution in [3.63, 3.8) is 0 Å². The monoisotopic (exact) mass is 285 g/mol. The Balaban J connectivity index is 1.70. The quantitative estimate of drug-likeness (QED) is 0.904. The Hall–Kier alpha value is -2.30. The lowest BCUT2D eigenvalue weighted by molar-refractivity contribution is -0.121. The standard InChI is InChI=1S/C16H19N3O2/c1-19-14-7-4-6-13(12(14)10-17-19)18-16(21)9-11-5-2-3-8-15(11)20/h2-3,5,8,10,13,20H,4,6-7,9H2,1H3,(H,18,21)/t13-/m0/s1. The lowest BCUT2D eigenvalue weighted by atomic mass is 9.93. The summed E-state index contributed by atoms with van der Waals surface area (Å²) in [5.74, 6) is 0.0940. The first-order valence-electron chi connectivity index (χ1n) is 7.22. The molecule has 1 heterocycles. The van der Waals surface area contributed by atoms with E-state index < -0.39 is 0 Å². The minimum Gasteiger partial charge on any atom is -0.508 e. The molecular formula is C16H19N3O2. The van der Waals surface area contributed by atoms with Gasteiger partial charge < -0.3 is 10.4 Å². The fraction of sp³-hybridized carbons (Fsp3) is 0.375. The molecule has 3 rings (SSSR count). The summed E-state index contributed by atoms with van der Waals surface area (Å²) in [6.45, 7) is 0. The number of phenolic OH excluding ortho intramolecular Hbond substituents is 1. The van der Waals surface area contributed by atoms with E-state index in [1.54, 1.807) is 18.2 Å². The minimum absolute atomic E-state index is 0.0285. The molecule has 2 aromatic rings. The number of phenols is 1. The van der Waals surface area contributed by atoms with Gasteiger partial charge >= 0.3 is 0 Å². The van der Waals surface area contributed by atoms with E-state index in [9.17, 15) is 9.90 Å². The zero-order valence-electron chi connectivity index (χ0n) is 12.0. The Kier molecular flexibility index (Phi) is 3.64. The number of para-hydroxylation sites is 1. The second kappa shape index (κ2) is 5.60. The summed E-state index contributed by atoms with van der Waals surface area (Å²) in [4.78, 5) is 12.2. The molecule has 5 nitrogen and oxygen atoms in total. The van der Waals surface area contributed by atoms with Crippen molar-refractivity contribution in [2.75, 3.05) is 0 Å². The van der Waals surface area contributed by atoms with Gasteiger partial charge in [-0.2, -0.15) is 5.10 Å². The highest BCUT2D eigenvalue weighted by Gasteiger charge is 2.24. The predicted octanol–water partition coefficient (Wildman–Crippen LogP) is 1.86. The van der Waals surface area contributed by atoms with Crippen molar-refractivity contribution in [2.45, 2.75) is 31.7 Å². The van der Waals surface area contributed by atoms with Crippen LogP contribution in [0.1, 0.15) is 35.7 Å². The number of aryl methyl sites for hydroxylation is 1. The summed E-state index contributed by atoms with van der Waals surface area (Å²) in [6.07, 6.45) is 5.04. The van der Waals surface area contributed by atoms with Gasteiger partial charge in [-0.1, -0.05) is 18.2 Å². The van der Waals surface area contributed by atoms with Crippen LogP contribution in [0.2, 0.25) is 0 Å². The van der Waals surface area contributed by atoms with Crippen LogP contribution in [0, 0.1) is 0 Å². The molecule has 0 radical (unpaired) electrons. The number of carbonyl (C=O) groups excluding carboxylic acids is 1. The van der Waals surface area contributed by atoms with Crippen molar-refractivity contribution in [3.8, 4) is 5.75 Å². The number of nitrogens with one attached hydrogen (secondary N) is 1. The molecular weight excluding hydrogens is 266 g/mol. The summed E-state index contributed by atoms with van der Waals surface area (Å²) in [5.41, 5.74) is 2.97. The van der Waals surface area contributed by atoms with Crippen molar-refractivity contribution >= 4 is 5.91 Å². The van der Waals surface area contributed by atoms with Crippen LogP contribution >= 0.6 is 0 Å². The minimum atomic E-state index is -0.0711. The first kappa shape index (κ1) is 13.7. The largest absolute Gasteiger partial charge is 0.508 e. The molecule has 1 aromatic heterocycles. The van der Waals surface area contributed by atoms with Crippen LogP contribution in [0.3, 0.4) is 0 Å². The Morgan fingerprint density at radius 1 is 1.48 bits per heavy atom. The van der Waals surface area contributed by atoms with Gasteiger partial charge in [0.05, 0.1) is 18.7 Å². The Morgan fingerprint density at radius 3 is 3.10 bits per heavy atom. The molecule has 1 atom stereocenters. The molecule has 1 aliphatic rings. The molecule has 0 bridgehead atoms. The number of nitrogens with zero attached hydrogens (tertiary/aromatic N) is 2. The normalized spacial score (nSPS) is 17.3. The van der Waals surface area contributed by atoms with E-state index in [4.69, 9.17) is 0 Å².